The van der Waals surface area contributed by atoms with E-state index in [0.717, 1.165) is 28.0 Å². The van der Waals surface area contributed by atoms with E-state index in [4.69, 9.17) is 4.42 Å². The number of ether oxygens (including phenoxy) is 1. The van der Waals surface area contributed by atoms with Gasteiger partial charge in [-0.1, -0.05) is 60.7 Å². The maximum absolute atomic E-state index is 12.7. The molecule has 4 aromatic rings. The Labute approximate surface area is 176 Å². The summed E-state index contributed by atoms with van der Waals surface area (Å²) in [7, 11) is 1.27. The normalized spacial score (nSPS) is 10.6. The third kappa shape index (κ3) is 3.70. The number of aromatic hydroxyl groups is 1. The molecule has 2 aromatic carbocycles. The fourth-order valence-corrected chi connectivity index (χ4v) is 3.95. The van der Waals surface area contributed by atoms with Crippen molar-refractivity contribution >= 4 is 39.1 Å². The quantitative estimate of drug-likeness (QED) is 0.454. The monoisotopic (exact) mass is 419 g/mol. The van der Waals surface area contributed by atoms with E-state index in [1.54, 1.807) is 6.20 Å². The van der Waals surface area contributed by atoms with Gasteiger partial charge in [0.05, 0.1) is 7.11 Å². The minimum absolute atomic E-state index is 0.218. The Morgan fingerprint density at radius 2 is 1.63 bits per heavy atom. The van der Waals surface area contributed by atoms with Crippen molar-refractivity contribution in [2.75, 3.05) is 7.11 Å². The Kier molecular flexibility index (Phi) is 5.36. The molecule has 0 aliphatic carbocycles. The second-order valence-electron chi connectivity index (χ2n) is 6.34. The second kappa shape index (κ2) is 8.26. The standard InChI is InChI=1S/C23H17NO5S/c1-28-23(27)18-12-17-21(30-18)19(25)20(29-17)22(26)24-13-16(14-8-4-2-5-9-14)15-10-6-3-7-11-15/h2-13,25H,1H3,(H,24,26). The van der Waals surface area contributed by atoms with Crippen LogP contribution in [0.1, 0.15) is 31.4 Å². The number of furan rings is 1. The van der Waals surface area contributed by atoms with Gasteiger partial charge in [-0.2, -0.15) is 0 Å². The Hall–Kier alpha value is -3.84. The van der Waals surface area contributed by atoms with Gasteiger partial charge in [-0.05, 0) is 11.1 Å². The molecular weight excluding hydrogens is 402 g/mol. The van der Waals surface area contributed by atoms with Gasteiger partial charge >= 0.3 is 5.97 Å². The van der Waals surface area contributed by atoms with Gasteiger partial charge in [-0.15, -0.1) is 11.3 Å². The first-order valence-corrected chi connectivity index (χ1v) is 9.85. The summed E-state index contributed by atoms with van der Waals surface area (Å²) in [6.45, 7) is 0. The van der Waals surface area contributed by atoms with Crippen LogP contribution in [0.25, 0.3) is 15.9 Å². The molecule has 0 spiro atoms. The fraction of sp³-hybridized carbons (Fsp3) is 0.0435. The topological polar surface area (TPSA) is 88.8 Å². The van der Waals surface area contributed by atoms with Gasteiger partial charge in [-0.25, -0.2) is 4.79 Å². The number of esters is 1. The zero-order valence-corrected chi connectivity index (χ0v) is 16.7. The number of rotatable bonds is 5. The smallest absolute Gasteiger partial charge is 0.348 e. The maximum Gasteiger partial charge on any atom is 0.348 e. The lowest BCUT2D eigenvalue weighted by molar-refractivity contribution is 0.0606. The Balaban J connectivity index is 1.65. The van der Waals surface area contributed by atoms with E-state index >= 15 is 0 Å². The Bertz CT molecular complexity index is 1200. The van der Waals surface area contributed by atoms with Gasteiger partial charge in [0, 0.05) is 17.8 Å². The zero-order valence-electron chi connectivity index (χ0n) is 15.9. The molecule has 150 valence electrons. The van der Waals surface area contributed by atoms with Crippen LogP contribution in [-0.4, -0.2) is 24.1 Å². The third-order valence-electron chi connectivity index (χ3n) is 4.45. The average Bonchev–Trinajstić information content (AvgIpc) is 3.34. The second-order valence-corrected chi connectivity index (χ2v) is 7.39. The van der Waals surface area contributed by atoms with Gasteiger partial charge in [0.2, 0.25) is 5.76 Å². The lowest BCUT2D eigenvalue weighted by Gasteiger charge is -2.09. The lowest BCUT2D eigenvalue weighted by atomic mass is 9.99. The third-order valence-corrected chi connectivity index (χ3v) is 5.55. The molecular formula is C23H17NO5S. The number of benzene rings is 2. The van der Waals surface area contributed by atoms with E-state index < -0.39 is 11.9 Å². The average molecular weight is 419 g/mol. The summed E-state index contributed by atoms with van der Waals surface area (Å²) in [5.74, 6) is -1.66. The predicted molar refractivity (Wildman–Crippen MR) is 115 cm³/mol. The van der Waals surface area contributed by atoms with Crippen molar-refractivity contribution in [2.45, 2.75) is 0 Å². The SMILES string of the molecule is COC(=O)c1cc2oc(C(=O)NC=C(c3ccccc3)c3ccccc3)c(O)c2s1. The van der Waals surface area contributed by atoms with Crippen LogP contribution >= 0.6 is 11.3 Å². The van der Waals surface area contributed by atoms with E-state index in [2.05, 4.69) is 10.1 Å². The first-order valence-electron chi connectivity index (χ1n) is 9.04. The van der Waals surface area contributed by atoms with Crippen molar-refractivity contribution < 1.29 is 23.8 Å². The number of methoxy groups -OCH3 is 1. The molecule has 0 aliphatic rings. The molecule has 0 bridgehead atoms. The highest BCUT2D eigenvalue weighted by Crippen LogP contribution is 2.38. The molecule has 2 heterocycles. The Morgan fingerprint density at radius 3 is 2.17 bits per heavy atom. The minimum Gasteiger partial charge on any atom is -0.503 e. The molecule has 2 aromatic heterocycles. The number of fused-ring (bicyclic) bond motifs is 1. The largest absolute Gasteiger partial charge is 0.503 e. The summed E-state index contributed by atoms with van der Waals surface area (Å²) in [5.41, 5.74) is 2.91. The van der Waals surface area contributed by atoms with Crippen LogP contribution < -0.4 is 5.32 Å². The van der Waals surface area contributed by atoms with E-state index in [1.165, 1.54) is 13.2 Å². The van der Waals surface area contributed by atoms with Crippen molar-refractivity contribution in [3.8, 4) is 5.75 Å². The first-order chi connectivity index (χ1) is 14.6. The number of carbonyl (C=O) groups excluding carboxylic acids is 2. The van der Waals surface area contributed by atoms with Crippen molar-refractivity contribution in [1.82, 2.24) is 5.32 Å². The van der Waals surface area contributed by atoms with E-state index in [0.29, 0.717) is 4.70 Å². The molecule has 0 atom stereocenters. The molecule has 1 amide bonds. The van der Waals surface area contributed by atoms with Crippen LogP contribution in [-0.2, 0) is 4.74 Å². The fourth-order valence-electron chi connectivity index (χ4n) is 3.00. The number of hydrogen-bond donors (Lipinski definition) is 2. The highest BCUT2D eigenvalue weighted by molar-refractivity contribution is 7.21. The zero-order chi connectivity index (χ0) is 21.1. The number of nitrogens with one attached hydrogen (secondary N) is 1. The van der Waals surface area contributed by atoms with Crippen molar-refractivity contribution in [1.29, 1.82) is 0 Å². The van der Waals surface area contributed by atoms with Crippen LogP contribution in [0.3, 0.4) is 0 Å². The highest BCUT2D eigenvalue weighted by atomic mass is 32.1. The van der Waals surface area contributed by atoms with Crippen molar-refractivity contribution in [3.63, 3.8) is 0 Å². The van der Waals surface area contributed by atoms with Crippen LogP contribution in [0.5, 0.6) is 5.75 Å². The van der Waals surface area contributed by atoms with Crippen LogP contribution in [0.4, 0.5) is 0 Å². The molecule has 0 radical (unpaired) electrons. The number of amides is 1. The van der Waals surface area contributed by atoms with Gasteiger partial charge in [0.25, 0.3) is 5.91 Å². The minimum atomic E-state index is -0.597. The summed E-state index contributed by atoms with van der Waals surface area (Å²) in [6.07, 6.45) is 1.59. The number of hydrogen-bond acceptors (Lipinski definition) is 6. The summed E-state index contributed by atoms with van der Waals surface area (Å²) < 4.78 is 10.5. The molecule has 0 aliphatic heterocycles. The van der Waals surface area contributed by atoms with Crippen LogP contribution in [0.15, 0.2) is 77.3 Å². The van der Waals surface area contributed by atoms with E-state index in [9.17, 15) is 14.7 Å². The molecule has 0 unspecified atom stereocenters. The van der Waals surface area contributed by atoms with Gasteiger partial charge < -0.3 is 19.6 Å². The molecule has 7 heteroatoms. The summed E-state index contributed by atoms with van der Waals surface area (Å²) >= 11 is 0.999. The molecule has 0 saturated carbocycles. The van der Waals surface area contributed by atoms with Crippen LogP contribution in [0.2, 0.25) is 0 Å². The van der Waals surface area contributed by atoms with Gasteiger partial charge in [0.1, 0.15) is 9.58 Å². The van der Waals surface area contributed by atoms with Crippen molar-refractivity contribution in [3.05, 3.63) is 94.7 Å². The van der Waals surface area contributed by atoms with E-state index in [-0.39, 0.29) is 22.0 Å². The molecule has 4 rings (SSSR count). The summed E-state index contributed by atoms with van der Waals surface area (Å²) in [6, 6.07) is 20.7. The molecule has 0 saturated heterocycles. The number of thiophene rings is 1. The predicted octanol–water partition coefficient (Wildman–Crippen LogP) is 4.81. The highest BCUT2D eigenvalue weighted by Gasteiger charge is 2.24. The van der Waals surface area contributed by atoms with E-state index in [1.807, 2.05) is 60.7 Å². The van der Waals surface area contributed by atoms with Crippen molar-refractivity contribution in [2.24, 2.45) is 0 Å². The summed E-state index contributed by atoms with van der Waals surface area (Å²) in [5, 5.41) is 13.1. The molecule has 2 N–H and O–H groups in total. The molecule has 0 fully saturated rings. The molecule has 30 heavy (non-hydrogen) atoms. The van der Waals surface area contributed by atoms with Gasteiger partial charge in [-0.3, -0.25) is 4.79 Å². The van der Waals surface area contributed by atoms with Crippen LogP contribution in [0, 0.1) is 0 Å². The molecule has 6 nitrogen and oxygen atoms in total. The number of carbonyl (C=O) groups is 2. The van der Waals surface area contributed by atoms with Gasteiger partial charge in [0.15, 0.2) is 11.3 Å². The maximum atomic E-state index is 12.7. The Morgan fingerprint density at radius 1 is 1.03 bits per heavy atom. The first kappa shape index (κ1) is 19.5. The lowest BCUT2D eigenvalue weighted by Crippen LogP contribution is -2.17. The summed E-state index contributed by atoms with van der Waals surface area (Å²) in [4.78, 5) is 24.6.